The van der Waals surface area contributed by atoms with Gasteiger partial charge in [0.15, 0.2) is 0 Å². The zero-order valence-corrected chi connectivity index (χ0v) is 18.1. The number of pyridine rings is 1. The molecule has 1 heterocycles. The molecule has 0 aliphatic heterocycles. The quantitative estimate of drug-likeness (QED) is 0.465. The van der Waals surface area contributed by atoms with Crippen LogP contribution in [0.1, 0.15) is 25.0 Å². The Bertz CT molecular complexity index is 1010. The number of nitrogens with zero attached hydrogens (tertiary/aromatic N) is 1. The van der Waals surface area contributed by atoms with Gasteiger partial charge in [-0.3, -0.25) is 0 Å². The molecule has 0 amide bonds. The minimum atomic E-state index is -4.61. The Labute approximate surface area is 181 Å². The van der Waals surface area contributed by atoms with Crippen molar-refractivity contribution in [1.29, 1.82) is 0 Å². The summed E-state index contributed by atoms with van der Waals surface area (Å²) in [6, 6.07) is 13.2. The van der Waals surface area contributed by atoms with Gasteiger partial charge in [0.1, 0.15) is 12.4 Å². The summed E-state index contributed by atoms with van der Waals surface area (Å²) in [6.45, 7) is 3.50. The Morgan fingerprint density at radius 1 is 1.10 bits per heavy atom. The molecule has 0 radical (unpaired) electrons. The number of hydrogen-bond donors (Lipinski definition) is 1. The van der Waals surface area contributed by atoms with Gasteiger partial charge in [0, 0.05) is 12.1 Å². The van der Waals surface area contributed by atoms with Crippen molar-refractivity contribution in [1.82, 2.24) is 4.98 Å². The second-order valence-corrected chi connectivity index (χ2v) is 8.06. The highest BCUT2D eigenvalue weighted by Crippen LogP contribution is 2.43. The van der Waals surface area contributed by atoms with Gasteiger partial charge in [-0.15, -0.1) is 0 Å². The van der Waals surface area contributed by atoms with Crippen molar-refractivity contribution >= 4 is 26.8 Å². The molecule has 3 rings (SSSR count). The predicted molar refractivity (Wildman–Crippen MR) is 114 cm³/mol. The molecule has 1 atom stereocenters. The molecule has 4 nitrogen and oxygen atoms in total. The number of benzene rings is 2. The summed E-state index contributed by atoms with van der Waals surface area (Å²) in [4.78, 5) is 4.23. The molecule has 2 aromatic carbocycles. The molecule has 3 aromatic rings. The smallest absolute Gasteiger partial charge is 0.417 e. The molecule has 0 fully saturated rings. The minimum absolute atomic E-state index is 0.0498. The molecule has 0 aliphatic carbocycles. The average Bonchev–Trinajstić information content (AvgIpc) is 2.66. The molecule has 160 valence electrons. The lowest BCUT2D eigenvalue weighted by Gasteiger charge is -2.19. The van der Waals surface area contributed by atoms with Crippen molar-refractivity contribution in [2.75, 3.05) is 6.61 Å². The number of aromatic nitrogens is 1. The molecule has 0 unspecified atom stereocenters. The van der Waals surface area contributed by atoms with Crippen LogP contribution in [0.4, 0.5) is 13.2 Å². The molecule has 8 heteroatoms. The molecule has 0 bridgehead atoms. The third-order valence-corrected chi connectivity index (χ3v) is 4.92. The number of fused-ring (bicyclic) bond motifs is 1. The zero-order valence-electron chi connectivity index (χ0n) is 16.5. The van der Waals surface area contributed by atoms with Crippen LogP contribution in [0, 0.1) is 0 Å². The van der Waals surface area contributed by atoms with Crippen LogP contribution in [0.3, 0.4) is 0 Å². The first kappa shape index (κ1) is 22.4. The average molecular weight is 483 g/mol. The maximum atomic E-state index is 13.9. The van der Waals surface area contributed by atoms with E-state index >= 15 is 0 Å². The van der Waals surface area contributed by atoms with E-state index in [1.807, 2.05) is 30.3 Å². The van der Waals surface area contributed by atoms with Gasteiger partial charge in [-0.05, 0) is 53.9 Å². The molecule has 0 saturated heterocycles. The van der Waals surface area contributed by atoms with Gasteiger partial charge in [0.05, 0.1) is 27.0 Å². The van der Waals surface area contributed by atoms with E-state index in [-0.39, 0.29) is 41.3 Å². The van der Waals surface area contributed by atoms with Gasteiger partial charge >= 0.3 is 6.18 Å². The highest BCUT2D eigenvalue weighted by Gasteiger charge is 2.35. The van der Waals surface area contributed by atoms with E-state index in [1.165, 1.54) is 6.07 Å². The van der Waals surface area contributed by atoms with Crippen LogP contribution >= 0.6 is 15.9 Å². The maximum Gasteiger partial charge on any atom is 0.417 e. The van der Waals surface area contributed by atoms with E-state index < -0.39 is 11.7 Å². The molecular formula is C22H22BrF3N2O2. The lowest BCUT2D eigenvalue weighted by molar-refractivity contribution is -0.136. The maximum absolute atomic E-state index is 13.9. The fourth-order valence-corrected chi connectivity index (χ4v) is 3.52. The number of halogens is 4. The minimum Gasteiger partial charge on any atom is -0.490 e. The molecule has 1 aromatic heterocycles. The SMILES string of the molecule is CC(C)Oc1cc(C(F)(F)F)c2c(OC[C@H](N)Cc3ccccc3)c(Br)ccc2n1. The second-order valence-electron chi connectivity index (χ2n) is 7.20. The Balaban J connectivity index is 1.96. The lowest BCUT2D eigenvalue weighted by atomic mass is 10.1. The van der Waals surface area contributed by atoms with Gasteiger partial charge in [-0.2, -0.15) is 13.2 Å². The van der Waals surface area contributed by atoms with Crippen LogP contribution in [0.25, 0.3) is 10.9 Å². The number of ether oxygens (including phenoxy) is 2. The summed E-state index contributed by atoms with van der Waals surface area (Å²) in [6.07, 6.45) is -4.38. The topological polar surface area (TPSA) is 57.4 Å². The summed E-state index contributed by atoms with van der Waals surface area (Å²) in [7, 11) is 0. The monoisotopic (exact) mass is 482 g/mol. The van der Waals surface area contributed by atoms with Gasteiger partial charge in [-0.25, -0.2) is 4.98 Å². The predicted octanol–water partition coefficient (Wildman–Crippen LogP) is 5.75. The van der Waals surface area contributed by atoms with Gasteiger partial charge < -0.3 is 15.2 Å². The van der Waals surface area contributed by atoms with E-state index in [9.17, 15) is 13.2 Å². The fourth-order valence-electron chi connectivity index (χ4n) is 3.08. The molecule has 30 heavy (non-hydrogen) atoms. The highest BCUT2D eigenvalue weighted by atomic mass is 79.9. The molecule has 0 saturated carbocycles. The molecule has 2 N–H and O–H groups in total. The first-order valence-electron chi connectivity index (χ1n) is 9.44. The van der Waals surface area contributed by atoms with E-state index in [4.69, 9.17) is 15.2 Å². The first-order valence-corrected chi connectivity index (χ1v) is 10.2. The van der Waals surface area contributed by atoms with Crippen LogP contribution in [0.2, 0.25) is 0 Å². The van der Waals surface area contributed by atoms with Crippen LogP contribution in [-0.2, 0) is 12.6 Å². The summed E-state index contributed by atoms with van der Waals surface area (Å²) in [5, 5.41) is -0.125. The normalized spacial score (nSPS) is 12.9. The Morgan fingerprint density at radius 2 is 1.80 bits per heavy atom. The number of alkyl halides is 3. The summed E-state index contributed by atoms with van der Waals surface area (Å²) in [5.41, 5.74) is 6.45. The lowest BCUT2D eigenvalue weighted by Crippen LogP contribution is -2.30. The zero-order chi connectivity index (χ0) is 21.9. The third-order valence-electron chi connectivity index (χ3n) is 4.30. The van der Waals surface area contributed by atoms with Crippen LogP contribution in [0.15, 0.2) is 53.0 Å². The van der Waals surface area contributed by atoms with Crippen molar-refractivity contribution in [3.05, 3.63) is 64.1 Å². The largest absolute Gasteiger partial charge is 0.490 e. The van der Waals surface area contributed by atoms with Crippen molar-refractivity contribution < 1.29 is 22.6 Å². The van der Waals surface area contributed by atoms with Gasteiger partial charge in [0.2, 0.25) is 5.88 Å². The van der Waals surface area contributed by atoms with Gasteiger partial charge in [0.25, 0.3) is 0 Å². The summed E-state index contributed by atoms with van der Waals surface area (Å²) >= 11 is 3.30. The summed E-state index contributed by atoms with van der Waals surface area (Å²) in [5.74, 6) is -0.0224. The Kier molecular flexibility index (Phi) is 6.88. The number of rotatable bonds is 7. The molecule has 0 aliphatic rings. The van der Waals surface area contributed by atoms with Gasteiger partial charge in [-0.1, -0.05) is 30.3 Å². The standard InChI is InChI=1S/C22H22BrF3N2O2/c1-13(2)30-19-11-16(22(24,25)26)20-18(28-19)9-8-17(23)21(20)29-12-15(27)10-14-6-4-3-5-7-14/h3-9,11,13,15H,10,12,27H2,1-2H3/t15-/m1/s1. The Morgan fingerprint density at radius 3 is 2.43 bits per heavy atom. The Hall–Kier alpha value is -2.32. The van der Waals surface area contributed by atoms with Crippen LogP contribution < -0.4 is 15.2 Å². The van der Waals surface area contributed by atoms with Crippen LogP contribution in [-0.4, -0.2) is 23.7 Å². The second kappa shape index (κ2) is 9.22. The summed E-state index contributed by atoms with van der Waals surface area (Å²) < 4.78 is 53.2. The third kappa shape index (κ3) is 5.43. The van der Waals surface area contributed by atoms with Crippen molar-refractivity contribution in [3.63, 3.8) is 0 Å². The molecule has 0 spiro atoms. The van der Waals surface area contributed by atoms with Crippen molar-refractivity contribution in [2.24, 2.45) is 5.73 Å². The van der Waals surface area contributed by atoms with E-state index in [2.05, 4.69) is 20.9 Å². The molecular weight excluding hydrogens is 461 g/mol. The van der Waals surface area contributed by atoms with E-state index in [0.717, 1.165) is 11.6 Å². The van der Waals surface area contributed by atoms with E-state index in [0.29, 0.717) is 10.9 Å². The highest BCUT2D eigenvalue weighted by molar-refractivity contribution is 9.10. The number of nitrogens with two attached hydrogens (primary N) is 1. The fraction of sp³-hybridized carbons (Fsp3) is 0.318. The van der Waals surface area contributed by atoms with Crippen LogP contribution in [0.5, 0.6) is 11.6 Å². The van der Waals surface area contributed by atoms with Crippen molar-refractivity contribution in [3.8, 4) is 11.6 Å². The number of hydrogen-bond acceptors (Lipinski definition) is 4. The van der Waals surface area contributed by atoms with E-state index in [1.54, 1.807) is 19.9 Å². The van der Waals surface area contributed by atoms with Crippen molar-refractivity contribution in [2.45, 2.75) is 38.6 Å². The first-order chi connectivity index (χ1) is 14.1.